The average Bonchev–Trinajstić information content (AvgIpc) is 3.06. The Morgan fingerprint density at radius 1 is 1.39 bits per heavy atom. The van der Waals surface area contributed by atoms with E-state index in [0.29, 0.717) is 18.3 Å². The molecule has 1 aliphatic rings. The second kappa shape index (κ2) is 6.21. The summed E-state index contributed by atoms with van der Waals surface area (Å²) in [5, 5.41) is 14.5. The first-order valence-corrected chi connectivity index (χ1v) is 7.49. The number of nitrogens with zero attached hydrogens (tertiary/aromatic N) is 4. The van der Waals surface area contributed by atoms with E-state index in [9.17, 15) is 13.9 Å². The number of aliphatic hydroxyl groups excluding tert-OH is 1. The molecule has 3 rings (SSSR count). The van der Waals surface area contributed by atoms with Crippen molar-refractivity contribution in [3.8, 4) is 0 Å². The lowest BCUT2D eigenvalue weighted by Crippen LogP contribution is -2.29. The Morgan fingerprint density at radius 2 is 2.09 bits per heavy atom. The van der Waals surface area contributed by atoms with Crippen LogP contribution in [0.1, 0.15) is 36.4 Å². The van der Waals surface area contributed by atoms with Crippen LogP contribution in [0.4, 0.5) is 14.7 Å². The Balaban J connectivity index is 1.78. The number of halogens is 2. The summed E-state index contributed by atoms with van der Waals surface area (Å²) in [4.78, 5) is 6.15. The highest BCUT2D eigenvalue weighted by Gasteiger charge is 2.32. The first-order chi connectivity index (χ1) is 11.0. The smallest absolute Gasteiger partial charge is 0.218 e. The Hall–Kier alpha value is -2.06. The molecule has 0 amide bonds. The van der Waals surface area contributed by atoms with Crippen LogP contribution in [0.2, 0.25) is 0 Å². The topological polar surface area (TPSA) is 80.2 Å². The third kappa shape index (κ3) is 3.04. The SMILES string of the molecule is Cn1nc(C2CCCN2CC(O)c2c(F)cccc2F)nc1N. The molecule has 6 nitrogen and oxygen atoms in total. The van der Waals surface area contributed by atoms with Gasteiger partial charge in [0.1, 0.15) is 11.6 Å². The highest BCUT2D eigenvalue weighted by Crippen LogP contribution is 2.32. The van der Waals surface area contributed by atoms with Crippen LogP contribution in [0.15, 0.2) is 18.2 Å². The fraction of sp³-hybridized carbons (Fsp3) is 0.467. The van der Waals surface area contributed by atoms with Crippen molar-refractivity contribution >= 4 is 5.95 Å². The van der Waals surface area contributed by atoms with Crippen molar-refractivity contribution in [3.05, 3.63) is 41.2 Å². The maximum Gasteiger partial charge on any atom is 0.218 e. The second-order valence-corrected chi connectivity index (χ2v) is 5.76. The van der Waals surface area contributed by atoms with Crippen molar-refractivity contribution in [2.75, 3.05) is 18.8 Å². The summed E-state index contributed by atoms with van der Waals surface area (Å²) in [5.41, 5.74) is 5.41. The van der Waals surface area contributed by atoms with Gasteiger partial charge in [0.2, 0.25) is 5.95 Å². The molecule has 8 heteroatoms. The molecule has 0 bridgehead atoms. The minimum Gasteiger partial charge on any atom is -0.387 e. The van der Waals surface area contributed by atoms with E-state index in [-0.39, 0.29) is 18.2 Å². The molecule has 1 fully saturated rings. The van der Waals surface area contributed by atoms with Crippen molar-refractivity contribution < 1.29 is 13.9 Å². The Morgan fingerprint density at radius 3 is 2.70 bits per heavy atom. The first kappa shape index (κ1) is 15.8. The molecule has 0 spiro atoms. The van der Waals surface area contributed by atoms with E-state index in [4.69, 9.17) is 5.73 Å². The number of hydrogen-bond donors (Lipinski definition) is 2. The Kier molecular flexibility index (Phi) is 4.27. The molecule has 2 unspecified atom stereocenters. The van der Waals surface area contributed by atoms with E-state index >= 15 is 0 Å². The Labute approximate surface area is 132 Å². The number of anilines is 1. The average molecular weight is 323 g/mol. The lowest BCUT2D eigenvalue weighted by Gasteiger charge is -2.25. The molecule has 0 saturated carbocycles. The van der Waals surface area contributed by atoms with Gasteiger partial charge in [0, 0.05) is 13.6 Å². The van der Waals surface area contributed by atoms with E-state index in [2.05, 4.69) is 10.1 Å². The van der Waals surface area contributed by atoms with E-state index in [1.807, 2.05) is 4.90 Å². The van der Waals surface area contributed by atoms with Crippen molar-refractivity contribution in [2.45, 2.75) is 25.0 Å². The molecular weight excluding hydrogens is 304 g/mol. The monoisotopic (exact) mass is 323 g/mol. The minimum absolute atomic E-state index is 0.108. The van der Waals surface area contributed by atoms with Gasteiger partial charge in [0.05, 0.1) is 17.7 Å². The van der Waals surface area contributed by atoms with Gasteiger partial charge in [-0.2, -0.15) is 10.1 Å². The van der Waals surface area contributed by atoms with Gasteiger partial charge < -0.3 is 10.8 Å². The van der Waals surface area contributed by atoms with E-state index in [1.165, 1.54) is 10.7 Å². The van der Waals surface area contributed by atoms with Crippen molar-refractivity contribution in [3.63, 3.8) is 0 Å². The van der Waals surface area contributed by atoms with E-state index in [0.717, 1.165) is 25.0 Å². The zero-order valence-electron chi connectivity index (χ0n) is 12.8. The predicted octanol–water partition coefficient (Wildman–Crippen LogP) is 1.55. The first-order valence-electron chi connectivity index (χ1n) is 7.49. The molecule has 2 atom stereocenters. The quantitative estimate of drug-likeness (QED) is 0.892. The molecule has 2 heterocycles. The van der Waals surface area contributed by atoms with Crippen molar-refractivity contribution in [1.29, 1.82) is 0 Å². The normalized spacial score (nSPS) is 20.1. The molecule has 1 aromatic carbocycles. The molecule has 23 heavy (non-hydrogen) atoms. The summed E-state index contributed by atoms with van der Waals surface area (Å²) in [6.45, 7) is 0.816. The molecule has 0 aliphatic carbocycles. The molecule has 124 valence electrons. The van der Waals surface area contributed by atoms with Crippen LogP contribution in [-0.4, -0.2) is 37.9 Å². The maximum atomic E-state index is 13.8. The van der Waals surface area contributed by atoms with Crippen LogP contribution in [0, 0.1) is 11.6 Å². The van der Waals surface area contributed by atoms with Gasteiger partial charge in [-0.05, 0) is 31.5 Å². The highest BCUT2D eigenvalue weighted by atomic mass is 19.1. The molecule has 1 aliphatic heterocycles. The number of β-amino-alcohol motifs (C(OH)–C–C–N with tert-alkyl or cyclic N) is 1. The number of hydrogen-bond acceptors (Lipinski definition) is 5. The van der Waals surface area contributed by atoms with Gasteiger partial charge in [-0.3, -0.25) is 4.90 Å². The zero-order valence-corrected chi connectivity index (χ0v) is 12.8. The Bertz CT molecular complexity index is 665. The second-order valence-electron chi connectivity index (χ2n) is 5.76. The van der Waals surface area contributed by atoms with E-state index in [1.54, 1.807) is 7.05 Å². The zero-order chi connectivity index (χ0) is 16.6. The lowest BCUT2D eigenvalue weighted by atomic mass is 10.1. The van der Waals surface area contributed by atoms with Gasteiger partial charge in [-0.1, -0.05) is 6.07 Å². The van der Waals surface area contributed by atoms with Gasteiger partial charge >= 0.3 is 0 Å². The molecule has 1 saturated heterocycles. The fourth-order valence-corrected chi connectivity index (χ4v) is 3.04. The summed E-state index contributed by atoms with van der Waals surface area (Å²) < 4.78 is 29.1. The molecule has 2 aromatic rings. The van der Waals surface area contributed by atoms with Gasteiger partial charge in [0.15, 0.2) is 5.82 Å². The number of benzene rings is 1. The lowest BCUT2D eigenvalue weighted by molar-refractivity contribution is 0.0982. The van der Waals surface area contributed by atoms with Gasteiger partial charge in [0.25, 0.3) is 0 Å². The number of aliphatic hydroxyl groups is 1. The number of nitrogens with two attached hydrogens (primary N) is 1. The summed E-state index contributed by atoms with van der Waals surface area (Å²) in [6, 6.07) is 3.46. The molecular formula is C15H19F2N5O. The number of aryl methyl sites for hydroxylation is 1. The third-order valence-electron chi connectivity index (χ3n) is 4.22. The van der Waals surface area contributed by atoms with Crippen LogP contribution in [0.25, 0.3) is 0 Å². The minimum atomic E-state index is -1.25. The standard InChI is InChI=1S/C15H19F2N5O/c1-21-15(18)19-14(20-21)11-6-3-7-22(11)8-12(23)13-9(16)4-2-5-10(13)17/h2,4-5,11-12,23H,3,6-8H2,1H3,(H2,18,19,20). The number of nitrogen functional groups attached to an aromatic ring is 1. The van der Waals surface area contributed by atoms with Crippen LogP contribution in [0.5, 0.6) is 0 Å². The number of rotatable bonds is 4. The highest BCUT2D eigenvalue weighted by molar-refractivity contribution is 5.23. The third-order valence-corrected chi connectivity index (χ3v) is 4.22. The number of likely N-dealkylation sites (tertiary alicyclic amines) is 1. The summed E-state index contributed by atoms with van der Waals surface area (Å²) >= 11 is 0. The number of aromatic nitrogens is 3. The maximum absolute atomic E-state index is 13.8. The van der Waals surface area contributed by atoms with E-state index < -0.39 is 17.7 Å². The largest absolute Gasteiger partial charge is 0.387 e. The van der Waals surface area contributed by atoms with Crippen molar-refractivity contribution in [1.82, 2.24) is 19.7 Å². The summed E-state index contributed by atoms with van der Waals surface area (Å²) in [6.07, 6.45) is 0.462. The summed E-state index contributed by atoms with van der Waals surface area (Å²) in [5.74, 6) is -0.599. The predicted molar refractivity (Wildman–Crippen MR) is 80.3 cm³/mol. The van der Waals surface area contributed by atoms with Gasteiger partial charge in [-0.25, -0.2) is 13.5 Å². The van der Waals surface area contributed by atoms with Crippen LogP contribution in [-0.2, 0) is 7.05 Å². The molecule has 3 N–H and O–H groups in total. The van der Waals surface area contributed by atoms with Crippen LogP contribution >= 0.6 is 0 Å². The van der Waals surface area contributed by atoms with Gasteiger partial charge in [-0.15, -0.1) is 0 Å². The van der Waals surface area contributed by atoms with Crippen molar-refractivity contribution in [2.24, 2.45) is 7.05 Å². The summed E-state index contributed by atoms with van der Waals surface area (Å²) in [7, 11) is 1.70. The van der Waals surface area contributed by atoms with Crippen LogP contribution < -0.4 is 5.73 Å². The molecule has 1 aromatic heterocycles. The molecule has 0 radical (unpaired) electrons. The fourth-order valence-electron chi connectivity index (χ4n) is 3.04. The van der Waals surface area contributed by atoms with Crippen LogP contribution in [0.3, 0.4) is 0 Å².